The maximum atomic E-state index is 11.6. The van der Waals surface area contributed by atoms with Crippen molar-refractivity contribution >= 4 is 22.8 Å². The van der Waals surface area contributed by atoms with E-state index in [0.29, 0.717) is 11.5 Å². The Kier molecular flexibility index (Phi) is 9.64. The van der Waals surface area contributed by atoms with Crippen molar-refractivity contribution < 1.29 is 14.7 Å². The number of aromatic nitrogens is 2. The van der Waals surface area contributed by atoms with Crippen molar-refractivity contribution in [3.8, 4) is 11.1 Å². The first-order valence-corrected chi connectivity index (χ1v) is 14.8. The number of fused-ring (bicyclic) bond motifs is 1. The van der Waals surface area contributed by atoms with Crippen LogP contribution in [0, 0.1) is 5.92 Å². The van der Waals surface area contributed by atoms with Crippen LogP contribution < -0.4 is 5.73 Å². The van der Waals surface area contributed by atoms with Gasteiger partial charge in [-0.3, -0.25) is 14.3 Å². The van der Waals surface area contributed by atoms with E-state index >= 15 is 0 Å². The van der Waals surface area contributed by atoms with Gasteiger partial charge in [0.2, 0.25) is 5.91 Å². The highest BCUT2D eigenvalue weighted by atomic mass is 16.4. The number of primary amides is 1. The van der Waals surface area contributed by atoms with Gasteiger partial charge in [0.15, 0.2) is 0 Å². The second-order valence-electron chi connectivity index (χ2n) is 12.2. The number of aliphatic carboxylic acids is 1. The molecule has 1 aliphatic rings. The van der Waals surface area contributed by atoms with Crippen molar-refractivity contribution in [1.82, 2.24) is 9.78 Å². The van der Waals surface area contributed by atoms with Gasteiger partial charge in [-0.1, -0.05) is 102 Å². The lowest BCUT2D eigenvalue weighted by atomic mass is 9.83. The van der Waals surface area contributed by atoms with Gasteiger partial charge in [-0.15, -0.1) is 0 Å². The number of hydrogen-bond donors (Lipinski definition) is 2. The quantitative estimate of drug-likeness (QED) is 0.241. The average molecular weight is 554 g/mol. The molecule has 0 saturated heterocycles. The predicted octanol–water partition coefficient (Wildman–Crippen LogP) is 8.14. The first-order valence-electron chi connectivity index (χ1n) is 14.8. The molecule has 6 nitrogen and oxygen atoms in total. The highest BCUT2D eigenvalue weighted by Crippen LogP contribution is 2.35. The fraction of sp³-hybridized carbons (Fsp3) is 0.400. The summed E-state index contributed by atoms with van der Waals surface area (Å²) in [5.74, 6) is -0.438. The third-order valence-corrected chi connectivity index (χ3v) is 8.09. The Morgan fingerprint density at radius 1 is 0.951 bits per heavy atom. The zero-order chi connectivity index (χ0) is 29.6. The van der Waals surface area contributed by atoms with Crippen molar-refractivity contribution in [3.05, 3.63) is 89.6 Å². The summed E-state index contributed by atoms with van der Waals surface area (Å²) in [5, 5.41) is 13.9. The first kappa shape index (κ1) is 30.0. The molecule has 6 heteroatoms. The van der Waals surface area contributed by atoms with Crippen LogP contribution >= 0.6 is 0 Å². The van der Waals surface area contributed by atoms with Gasteiger partial charge in [0.05, 0.1) is 11.6 Å². The fourth-order valence-corrected chi connectivity index (χ4v) is 5.55. The number of carboxylic acids is 1. The molecule has 1 aliphatic carbocycles. The monoisotopic (exact) mass is 553 g/mol. The van der Waals surface area contributed by atoms with E-state index in [1.54, 1.807) is 6.92 Å². The Morgan fingerprint density at radius 3 is 2.12 bits per heavy atom. The topological polar surface area (TPSA) is 98.2 Å². The van der Waals surface area contributed by atoms with Crippen LogP contribution in [0.1, 0.15) is 100 Å². The average Bonchev–Trinajstić information content (AvgIpc) is 3.39. The Hall–Kier alpha value is -3.93. The third kappa shape index (κ3) is 7.84. The van der Waals surface area contributed by atoms with Crippen LogP contribution in [-0.4, -0.2) is 26.8 Å². The minimum atomic E-state index is -0.745. The molecule has 1 fully saturated rings. The van der Waals surface area contributed by atoms with E-state index in [0.717, 1.165) is 17.3 Å². The number of hydrogen-bond acceptors (Lipinski definition) is 3. The largest absolute Gasteiger partial charge is 0.481 e. The predicted molar refractivity (Wildman–Crippen MR) is 166 cm³/mol. The highest BCUT2D eigenvalue weighted by Gasteiger charge is 2.23. The molecular weight excluding hydrogens is 510 g/mol. The van der Waals surface area contributed by atoms with E-state index in [4.69, 9.17) is 15.9 Å². The lowest BCUT2D eigenvalue weighted by Crippen LogP contribution is -2.18. The Balaban J connectivity index is 0.000000714. The Bertz CT molecular complexity index is 1460. The fourth-order valence-electron chi connectivity index (χ4n) is 5.55. The molecular formula is C35H43N3O3. The van der Waals surface area contributed by atoms with Crippen molar-refractivity contribution in [2.45, 2.75) is 84.1 Å². The Labute approximate surface area is 243 Å². The Morgan fingerprint density at radius 2 is 1.56 bits per heavy atom. The number of carboxylic acid groups (broad SMARTS) is 1. The summed E-state index contributed by atoms with van der Waals surface area (Å²) in [7, 11) is 0. The summed E-state index contributed by atoms with van der Waals surface area (Å²) in [6.45, 7) is 8.33. The summed E-state index contributed by atoms with van der Waals surface area (Å²) in [5.41, 5.74) is 12.1. The molecule has 41 heavy (non-hydrogen) atoms. The van der Waals surface area contributed by atoms with E-state index < -0.39 is 11.9 Å². The second kappa shape index (κ2) is 13.2. The minimum absolute atomic E-state index is 0.136. The maximum absolute atomic E-state index is 11.6. The van der Waals surface area contributed by atoms with Gasteiger partial charge in [0.1, 0.15) is 0 Å². The molecule has 1 unspecified atom stereocenters. The van der Waals surface area contributed by atoms with Crippen molar-refractivity contribution in [3.63, 3.8) is 0 Å². The molecule has 4 aromatic rings. The van der Waals surface area contributed by atoms with Crippen LogP contribution in [-0.2, 0) is 10.2 Å². The second-order valence-corrected chi connectivity index (χ2v) is 12.2. The van der Waals surface area contributed by atoms with E-state index in [1.807, 2.05) is 24.3 Å². The lowest BCUT2D eigenvalue weighted by molar-refractivity contribution is -0.136. The van der Waals surface area contributed by atoms with Gasteiger partial charge in [-0.25, -0.2) is 0 Å². The molecule has 1 heterocycles. The smallest absolute Gasteiger partial charge is 0.303 e. The maximum Gasteiger partial charge on any atom is 0.303 e. The van der Waals surface area contributed by atoms with Crippen LogP contribution in [0.4, 0.5) is 0 Å². The molecule has 216 valence electrons. The number of carbonyl (C=O) groups is 2. The van der Waals surface area contributed by atoms with Crippen LogP contribution in [0.15, 0.2) is 72.9 Å². The van der Waals surface area contributed by atoms with E-state index in [1.165, 1.54) is 54.4 Å². The number of rotatable bonds is 7. The normalized spacial score (nSPS) is 14.7. The molecule has 0 radical (unpaired) electrons. The zero-order valence-electron chi connectivity index (χ0n) is 24.8. The molecule has 0 bridgehead atoms. The summed E-state index contributed by atoms with van der Waals surface area (Å²) >= 11 is 0. The van der Waals surface area contributed by atoms with Gasteiger partial charge in [-0.05, 0) is 64.3 Å². The van der Waals surface area contributed by atoms with Gasteiger partial charge in [-0.2, -0.15) is 5.10 Å². The molecule has 0 spiro atoms. The molecule has 3 N–H and O–H groups in total. The van der Waals surface area contributed by atoms with Gasteiger partial charge < -0.3 is 10.8 Å². The summed E-state index contributed by atoms with van der Waals surface area (Å²) in [6.07, 6.45) is 10.0. The SMILES string of the molecule is CC(C)(C)c1ccc(-c2ccc3nn(C(CC4CCCCC4)c4ccc(C(N)=O)cc4)cc3c2)cc1.CCC(=O)O. The van der Waals surface area contributed by atoms with Gasteiger partial charge in [0.25, 0.3) is 0 Å². The first-order chi connectivity index (χ1) is 19.5. The summed E-state index contributed by atoms with van der Waals surface area (Å²) in [4.78, 5) is 21.0. The molecule has 1 saturated carbocycles. The van der Waals surface area contributed by atoms with E-state index in [9.17, 15) is 9.59 Å². The zero-order valence-corrected chi connectivity index (χ0v) is 24.8. The van der Waals surface area contributed by atoms with Gasteiger partial charge in [0, 0.05) is 23.6 Å². The summed E-state index contributed by atoms with van der Waals surface area (Å²) in [6, 6.07) is 23.4. The molecule has 0 aliphatic heterocycles. The standard InChI is InChI=1S/C32H37N3O.C3H6O2/c1-32(2,3)28-16-13-23(14-17-28)26-15-18-29-27(20-26)21-35(34-29)30(19-22-7-5-4-6-8-22)24-9-11-25(12-10-24)31(33)36;1-2-3(4)5/h9-18,20-22,30H,4-8,19H2,1-3H3,(H2,33,36);2H2,1H3,(H,4,5). The van der Waals surface area contributed by atoms with Crippen LogP contribution in [0.2, 0.25) is 0 Å². The minimum Gasteiger partial charge on any atom is -0.481 e. The van der Waals surface area contributed by atoms with E-state index in [-0.39, 0.29) is 17.9 Å². The van der Waals surface area contributed by atoms with Gasteiger partial charge >= 0.3 is 5.97 Å². The molecule has 1 atom stereocenters. The molecule has 1 amide bonds. The van der Waals surface area contributed by atoms with Crippen molar-refractivity contribution in [2.24, 2.45) is 11.7 Å². The molecule has 5 rings (SSSR count). The molecule has 3 aromatic carbocycles. The number of nitrogens with zero attached hydrogens (tertiary/aromatic N) is 2. The van der Waals surface area contributed by atoms with Crippen LogP contribution in [0.5, 0.6) is 0 Å². The number of benzene rings is 3. The number of nitrogens with two attached hydrogens (primary N) is 1. The van der Waals surface area contributed by atoms with Crippen LogP contribution in [0.3, 0.4) is 0 Å². The third-order valence-electron chi connectivity index (χ3n) is 8.09. The lowest BCUT2D eigenvalue weighted by Gasteiger charge is -2.27. The van der Waals surface area contributed by atoms with Crippen molar-refractivity contribution in [2.75, 3.05) is 0 Å². The summed E-state index contributed by atoms with van der Waals surface area (Å²) < 4.78 is 2.14. The molecule has 1 aromatic heterocycles. The number of carbonyl (C=O) groups excluding carboxylic acids is 1. The van der Waals surface area contributed by atoms with E-state index in [2.05, 4.69) is 74.1 Å². The number of amides is 1. The highest BCUT2D eigenvalue weighted by molar-refractivity contribution is 5.92. The van der Waals surface area contributed by atoms with Crippen LogP contribution in [0.25, 0.3) is 22.0 Å². The van der Waals surface area contributed by atoms with Crippen molar-refractivity contribution in [1.29, 1.82) is 0 Å².